The van der Waals surface area contributed by atoms with Crippen LogP contribution in [0, 0.1) is 0 Å². The Kier molecular flexibility index (Phi) is 12.2. The zero-order valence-corrected chi connectivity index (χ0v) is 7.50. The van der Waals surface area contributed by atoms with Gasteiger partial charge in [-0.3, -0.25) is 8.42 Å². The molecule has 0 heterocycles. The average Bonchev–Trinajstić information content (AvgIpc) is 0.722. The van der Waals surface area contributed by atoms with E-state index in [1.807, 2.05) is 0 Å². The topological polar surface area (TPSA) is 80.3 Å². The number of hydrogen-bond donors (Lipinski definition) is 0. The Bertz CT molecular complexity index is 94.9. The van der Waals surface area contributed by atoms with Gasteiger partial charge in [0.25, 0.3) is 0 Å². The summed E-state index contributed by atoms with van der Waals surface area (Å²) in [4.78, 5) is 0. The Morgan fingerprint density at radius 3 is 1.14 bits per heavy atom. The summed E-state index contributed by atoms with van der Waals surface area (Å²) in [6.07, 6.45) is 0. The van der Waals surface area contributed by atoms with Gasteiger partial charge in [-0.2, -0.15) is 0 Å². The van der Waals surface area contributed by atoms with E-state index in [-0.39, 0.29) is 43.6 Å². The minimum Gasteiger partial charge on any atom is -0.759 e. The standard InChI is InChI=1S/Cr.H2O4S.Zr/c;1-5(2,3)4;/h;(H2,1,2,3,4);/q+3;;+4/p-2. The van der Waals surface area contributed by atoms with Gasteiger partial charge in [0.15, 0.2) is 0 Å². The van der Waals surface area contributed by atoms with Crippen molar-refractivity contribution in [1.29, 1.82) is 0 Å². The van der Waals surface area contributed by atoms with Crippen LogP contribution in [0.15, 0.2) is 0 Å². The Balaban J connectivity index is -0.0000000800. The van der Waals surface area contributed by atoms with Crippen LogP contribution in [0.4, 0.5) is 0 Å². The Hall–Kier alpha value is 1.29. The smallest absolute Gasteiger partial charge is 0.759 e. The third kappa shape index (κ3) is 123. The van der Waals surface area contributed by atoms with Crippen molar-refractivity contribution < 1.29 is 61.1 Å². The second-order valence-corrected chi connectivity index (χ2v) is 1.22. The molecule has 35 valence electrons. The predicted octanol–water partition coefficient (Wildman–Crippen LogP) is -1.34. The Labute approximate surface area is 71.1 Å². The molecule has 0 aromatic rings. The quantitative estimate of drug-likeness (QED) is 0.387. The van der Waals surface area contributed by atoms with Crippen molar-refractivity contribution in [2.24, 2.45) is 0 Å². The minimum atomic E-state index is -5.17. The SMILES string of the molecule is O=S(=O)([O-])[O-].[Cr+3].[Zr+4]. The molecule has 0 unspecified atom stereocenters. The summed E-state index contributed by atoms with van der Waals surface area (Å²) in [5.74, 6) is 0. The van der Waals surface area contributed by atoms with Crippen LogP contribution in [0.25, 0.3) is 0 Å². The van der Waals surface area contributed by atoms with Crippen LogP contribution in [0.1, 0.15) is 0 Å². The Morgan fingerprint density at radius 1 is 1.14 bits per heavy atom. The first-order valence-corrected chi connectivity index (χ1v) is 2.00. The molecule has 0 rings (SSSR count). The van der Waals surface area contributed by atoms with E-state index in [2.05, 4.69) is 0 Å². The van der Waals surface area contributed by atoms with Gasteiger partial charge >= 0.3 is 43.6 Å². The van der Waals surface area contributed by atoms with Crippen LogP contribution in [0.5, 0.6) is 0 Å². The van der Waals surface area contributed by atoms with Crippen molar-refractivity contribution in [2.75, 3.05) is 0 Å². The van der Waals surface area contributed by atoms with Crippen molar-refractivity contribution >= 4 is 10.4 Å². The van der Waals surface area contributed by atoms with Gasteiger partial charge in [0, 0.05) is 10.4 Å². The van der Waals surface area contributed by atoms with Gasteiger partial charge in [-0.15, -0.1) is 0 Å². The first-order chi connectivity index (χ1) is 2.00. The molecule has 4 nitrogen and oxygen atoms in total. The third-order valence-electron chi connectivity index (χ3n) is 0. The second kappa shape index (κ2) is 5.42. The molecular formula is CrO4SZr+5. The molecule has 0 aromatic carbocycles. The molecule has 0 spiro atoms. The van der Waals surface area contributed by atoms with E-state index in [1.54, 1.807) is 0 Å². The van der Waals surface area contributed by atoms with E-state index < -0.39 is 10.4 Å². The van der Waals surface area contributed by atoms with E-state index in [1.165, 1.54) is 0 Å². The summed E-state index contributed by atoms with van der Waals surface area (Å²) < 4.78 is 34.1. The van der Waals surface area contributed by atoms with Gasteiger partial charge in [0.2, 0.25) is 0 Å². The van der Waals surface area contributed by atoms with Crippen molar-refractivity contribution in [2.45, 2.75) is 0 Å². The normalized spacial score (nSPS) is 8.29. The molecule has 0 bridgehead atoms. The van der Waals surface area contributed by atoms with Gasteiger partial charge in [-0.05, 0) is 0 Å². The monoisotopic (exact) mass is 238 g/mol. The van der Waals surface area contributed by atoms with Crippen LogP contribution in [-0.2, 0) is 54.0 Å². The van der Waals surface area contributed by atoms with Gasteiger partial charge in [-0.25, -0.2) is 0 Å². The van der Waals surface area contributed by atoms with Crippen LogP contribution >= 0.6 is 0 Å². The number of hydrogen-bond acceptors (Lipinski definition) is 4. The van der Waals surface area contributed by atoms with Gasteiger partial charge in [-0.1, -0.05) is 0 Å². The van der Waals surface area contributed by atoms with Crippen LogP contribution in [0.2, 0.25) is 0 Å². The second-order valence-electron chi connectivity index (χ2n) is 0.408. The third-order valence-corrected chi connectivity index (χ3v) is 0. The van der Waals surface area contributed by atoms with Crippen molar-refractivity contribution in [3.8, 4) is 0 Å². The fourth-order valence-corrected chi connectivity index (χ4v) is 0. The van der Waals surface area contributed by atoms with Crippen LogP contribution in [0.3, 0.4) is 0 Å². The zero-order chi connectivity index (χ0) is 4.50. The van der Waals surface area contributed by atoms with Crippen molar-refractivity contribution in [3.05, 3.63) is 0 Å². The van der Waals surface area contributed by atoms with Gasteiger partial charge < -0.3 is 9.11 Å². The summed E-state index contributed by atoms with van der Waals surface area (Å²) in [7, 11) is -5.17. The van der Waals surface area contributed by atoms with Crippen molar-refractivity contribution in [3.63, 3.8) is 0 Å². The molecule has 0 amide bonds. The predicted molar refractivity (Wildman–Crippen MR) is 10.5 cm³/mol. The van der Waals surface area contributed by atoms with Crippen LogP contribution < -0.4 is 0 Å². The maximum absolute atomic E-state index is 8.52. The molecule has 0 saturated heterocycles. The molecular weight excluding hydrogens is 239 g/mol. The number of rotatable bonds is 0. The minimum absolute atomic E-state index is 0. The van der Waals surface area contributed by atoms with Crippen LogP contribution in [-0.4, -0.2) is 17.5 Å². The molecule has 0 saturated carbocycles. The summed E-state index contributed by atoms with van der Waals surface area (Å²) in [5.41, 5.74) is 0. The molecule has 0 aromatic heterocycles. The molecule has 1 radical (unpaired) electrons. The average molecular weight is 239 g/mol. The van der Waals surface area contributed by atoms with Crippen molar-refractivity contribution in [1.82, 2.24) is 0 Å². The summed E-state index contributed by atoms with van der Waals surface area (Å²) >= 11 is 0. The van der Waals surface area contributed by atoms with E-state index in [0.717, 1.165) is 0 Å². The van der Waals surface area contributed by atoms with Gasteiger partial charge in [0.1, 0.15) is 0 Å². The van der Waals surface area contributed by atoms with Gasteiger partial charge in [0.05, 0.1) is 0 Å². The first-order valence-electron chi connectivity index (χ1n) is 0.667. The van der Waals surface area contributed by atoms with E-state index in [4.69, 9.17) is 17.5 Å². The molecule has 0 atom stereocenters. The van der Waals surface area contributed by atoms with E-state index in [9.17, 15) is 0 Å². The fourth-order valence-electron chi connectivity index (χ4n) is 0. The molecule has 0 aliphatic rings. The molecule has 0 aliphatic heterocycles. The summed E-state index contributed by atoms with van der Waals surface area (Å²) in [6, 6.07) is 0. The fraction of sp³-hybridized carbons (Fsp3) is 0. The Morgan fingerprint density at radius 2 is 1.14 bits per heavy atom. The first kappa shape index (κ1) is 15.7. The maximum Gasteiger partial charge on any atom is 4.00 e. The summed E-state index contributed by atoms with van der Waals surface area (Å²) in [5, 5.41) is 0. The largest absolute Gasteiger partial charge is 4.00 e. The maximum atomic E-state index is 8.52. The van der Waals surface area contributed by atoms with E-state index in [0.29, 0.717) is 0 Å². The molecule has 7 heavy (non-hydrogen) atoms. The zero-order valence-electron chi connectivity index (χ0n) is 2.95. The molecule has 7 heteroatoms. The molecule has 0 aliphatic carbocycles. The van der Waals surface area contributed by atoms with E-state index >= 15 is 0 Å². The summed E-state index contributed by atoms with van der Waals surface area (Å²) in [6.45, 7) is 0. The molecule has 0 fully saturated rings. The molecule has 0 N–H and O–H groups in total.